The average molecular weight is 271 g/mol. The van der Waals surface area contributed by atoms with Gasteiger partial charge in [0.25, 0.3) is 0 Å². The van der Waals surface area contributed by atoms with Crippen LogP contribution in [0.3, 0.4) is 0 Å². The molecule has 0 bridgehead atoms. The van der Waals surface area contributed by atoms with E-state index in [2.05, 4.69) is 10.6 Å². The van der Waals surface area contributed by atoms with Gasteiger partial charge in [-0.1, -0.05) is 25.7 Å². The largest absolute Gasteiger partial charge is 0.481 e. The Kier molecular flexibility index (Phi) is 6.62. The zero-order valence-corrected chi connectivity index (χ0v) is 11.4. The predicted octanol–water partition coefficient (Wildman–Crippen LogP) is 1.06. The van der Waals surface area contributed by atoms with Crippen LogP contribution in [0.1, 0.15) is 44.9 Å². The van der Waals surface area contributed by atoms with E-state index < -0.39 is 11.4 Å². The molecule has 0 saturated heterocycles. The summed E-state index contributed by atoms with van der Waals surface area (Å²) in [5.41, 5.74) is 4.54. The molecule has 0 aliphatic heterocycles. The van der Waals surface area contributed by atoms with Crippen LogP contribution in [0.2, 0.25) is 0 Å². The molecule has 0 aromatic heterocycles. The maximum atomic E-state index is 11.6. The van der Waals surface area contributed by atoms with Crippen LogP contribution in [-0.4, -0.2) is 36.7 Å². The third-order valence-corrected chi connectivity index (χ3v) is 3.77. The van der Waals surface area contributed by atoms with Gasteiger partial charge in [0, 0.05) is 13.1 Å². The molecule has 0 unspecified atom stereocenters. The average Bonchev–Trinajstić information content (AvgIpc) is 2.63. The van der Waals surface area contributed by atoms with Crippen LogP contribution in [0.5, 0.6) is 0 Å². The van der Waals surface area contributed by atoms with Crippen LogP contribution in [0.25, 0.3) is 0 Å². The van der Waals surface area contributed by atoms with E-state index in [0.717, 1.165) is 32.1 Å². The van der Waals surface area contributed by atoms with Gasteiger partial charge in [0.2, 0.25) is 0 Å². The Balaban J connectivity index is 2.45. The molecule has 6 heteroatoms. The second-order valence-electron chi connectivity index (χ2n) is 5.25. The second-order valence-corrected chi connectivity index (χ2v) is 5.25. The minimum absolute atomic E-state index is 0.205. The number of nitrogens with two attached hydrogens (primary N) is 1. The highest BCUT2D eigenvalue weighted by Gasteiger charge is 2.38. The smallest absolute Gasteiger partial charge is 0.314 e. The van der Waals surface area contributed by atoms with Crippen molar-refractivity contribution in [3.63, 3.8) is 0 Å². The summed E-state index contributed by atoms with van der Waals surface area (Å²) >= 11 is 0. The van der Waals surface area contributed by atoms with Gasteiger partial charge < -0.3 is 21.5 Å². The standard InChI is InChI=1S/C13H25N3O3/c14-8-5-9-15-12(19)16-10-13(11(17)18)6-3-1-2-4-7-13/h1-10,14H2,(H,17,18)(H2,15,16,19). The van der Waals surface area contributed by atoms with Crippen LogP contribution in [0.15, 0.2) is 0 Å². The van der Waals surface area contributed by atoms with E-state index in [4.69, 9.17) is 5.73 Å². The first kappa shape index (κ1) is 15.8. The fourth-order valence-electron chi connectivity index (χ4n) is 2.49. The van der Waals surface area contributed by atoms with E-state index >= 15 is 0 Å². The minimum Gasteiger partial charge on any atom is -0.481 e. The first-order valence-corrected chi connectivity index (χ1v) is 7.06. The molecular weight excluding hydrogens is 246 g/mol. The molecular formula is C13H25N3O3. The van der Waals surface area contributed by atoms with Crippen LogP contribution in [-0.2, 0) is 4.79 Å². The summed E-state index contributed by atoms with van der Waals surface area (Å²) in [4.78, 5) is 23.1. The van der Waals surface area contributed by atoms with Crippen LogP contribution < -0.4 is 16.4 Å². The van der Waals surface area contributed by atoms with Gasteiger partial charge in [-0.2, -0.15) is 0 Å². The lowest BCUT2D eigenvalue weighted by Gasteiger charge is -2.28. The molecule has 5 N–H and O–H groups in total. The van der Waals surface area contributed by atoms with E-state index in [1.165, 1.54) is 0 Å². The summed E-state index contributed by atoms with van der Waals surface area (Å²) in [6.07, 6.45) is 6.01. The topological polar surface area (TPSA) is 104 Å². The maximum Gasteiger partial charge on any atom is 0.314 e. The Morgan fingerprint density at radius 2 is 1.74 bits per heavy atom. The van der Waals surface area contributed by atoms with Gasteiger partial charge in [-0.05, 0) is 25.8 Å². The highest BCUT2D eigenvalue weighted by molar-refractivity contribution is 5.78. The zero-order chi connectivity index (χ0) is 14.1. The number of rotatable bonds is 6. The molecule has 110 valence electrons. The van der Waals surface area contributed by atoms with Crippen molar-refractivity contribution in [3.8, 4) is 0 Å². The van der Waals surface area contributed by atoms with Gasteiger partial charge >= 0.3 is 12.0 Å². The maximum absolute atomic E-state index is 11.6. The lowest BCUT2D eigenvalue weighted by Crippen LogP contribution is -2.46. The molecule has 1 aliphatic carbocycles. The normalized spacial score (nSPS) is 18.4. The number of hydrogen-bond acceptors (Lipinski definition) is 3. The first-order chi connectivity index (χ1) is 9.10. The molecule has 1 fully saturated rings. The molecule has 0 atom stereocenters. The van der Waals surface area contributed by atoms with Crippen molar-refractivity contribution < 1.29 is 14.7 Å². The van der Waals surface area contributed by atoms with Gasteiger partial charge in [-0.15, -0.1) is 0 Å². The number of carboxylic acid groups (broad SMARTS) is 1. The summed E-state index contributed by atoms with van der Waals surface area (Å²) in [5, 5.41) is 14.8. The minimum atomic E-state index is -0.795. The van der Waals surface area contributed by atoms with Gasteiger partial charge in [0.15, 0.2) is 0 Å². The molecule has 6 nitrogen and oxygen atoms in total. The summed E-state index contributed by atoms with van der Waals surface area (Å²) in [6.45, 7) is 1.25. The number of urea groups is 1. The summed E-state index contributed by atoms with van der Waals surface area (Å²) < 4.78 is 0. The third kappa shape index (κ3) is 5.06. The number of amides is 2. The molecule has 1 rings (SSSR count). The molecule has 1 saturated carbocycles. The lowest BCUT2D eigenvalue weighted by molar-refractivity contribution is -0.149. The van der Waals surface area contributed by atoms with Crippen LogP contribution in [0, 0.1) is 5.41 Å². The van der Waals surface area contributed by atoms with Crippen molar-refractivity contribution in [2.75, 3.05) is 19.6 Å². The fraction of sp³-hybridized carbons (Fsp3) is 0.846. The van der Waals surface area contributed by atoms with Crippen molar-refractivity contribution in [2.24, 2.45) is 11.1 Å². The number of carbonyl (C=O) groups is 2. The third-order valence-electron chi connectivity index (χ3n) is 3.77. The molecule has 0 heterocycles. The van der Waals surface area contributed by atoms with Gasteiger partial charge in [-0.25, -0.2) is 4.79 Å². The highest BCUT2D eigenvalue weighted by atomic mass is 16.4. The van der Waals surface area contributed by atoms with E-state index in [-0.39, 0.29) is 12.6 Å². The molecule has 0 aromatic rings. The number of nitrogens with one attached hydrogen (secondary N) is 2. The summed E-state index contributed by atoms with van der Waals surface area (Å²) in [5.74, 6) is -0.795. The Morgan fingerprint density at radius 1 is 1.11 bits per heavy atom. The van der Waals surface area contributed by atoms with Crippen LogP contribution >= 0.6 is 0 Å². The lowest BCUT2D eigenvalue weighted by atomic mass is 9.80. The number of carbonyl (C=O) groups excluding carboxylic acids is 1. The Hall–Kier alpha value is -1.30. The van der Waals surface area contributed by atoms with E-state index in [1.807, 2.05) is 0 Å². The van der Waals surface area contributed by atoms with E-state index in [0.29, 0.717) is 25.9 Å². The number of hydrogen-bond donors (Lipinski definition) is 4. The Morgan fingerprint density at radius 3 is 2.26 bits per heavy atom. The van der Waals surface area contributed by atoms with Crippen LogP contribution in [0.4, 0.5) is 4.79 Å². The van der Waals surface area contributed by atoms with Crippen molar-refractivity contribution in [1.82, 2.24) is 10.6 Å². The van der Waals surface area contributed by atoms with Crippen molar-refractivity contribution in [2.45, 2.75) is 44.9 Å². The summed E-state index contributed by atoms with van der Waals surface area (Å²) in [7, 11) is 0. The first-order valence-electron chi connectivity index (χ1n) is 7.06. The number of carboxylic acids is 1. The molecule has 0 radical (unpaired) electrons. The van der Waals surface area contributed by atoms with Crippen molar-refractivity contribution in [1.29, 1.82) is 0 Å². The van der Waals surface area contributed by atoms with Crippen molar-refractivity contribution in [3.05, 3.63) is 0 Å². The SMILES string of the molecule is NCCCNC(=O)NCC1(C(=O)O)CCCCCC1. The summed E-state index contributed by atoms with van der Waals surface area (Å²) in [6, 6.07) is -0.307. The number of aliphatic carboxylic acids is 1. The molecule has 1 aliphatic rings. The monoisotopic (exact) mass is 271 g/mol. The van der Waals surface area contributed by atoms with Gasteiger partial charge in [-0.3, -0.25) is 4.79 Å². The van der Waals surface area contributed by atoms with Gasteiger partial charge in [0.05, 0.1) is 5.41 Å². The van der Waals surface area contributed by atoms with Crippen molar-refractivity contribution >= 4 is 12.0 Å². The van der Waals surface area contributed by atoms with Gasteiger partial charge in [0.1, 0.15) is 0 Å². The fourth-order valence-corrected chi connectivity index (χ4v) is 2.49. The molecule has 0 spiro atoms. The molecule has 0 aromatic carbocycles. The Bertz CT molecular complexity index is 300. The van der Waals surface area contributed by atoms with E-state index in [1.54, 1.807) is 0 Å². The zero-order valence-electron chi connectivity index (χ0n) is 11.4. The highest BCUT2D eigenvalue weighted by Crippen LogP contribution is 2.34. The Labute approximate surface area is 114 Å². The predicted molar refractivity (Wildman–Crippen MR) is 72.8 cm³/mol. The quantitative estimate of drug-likeness (QED) is 0.428. The molecule has 2 amide bonds. The second kappa shape index (κ2) is 7.99. The van der Waals surface area contributed by atoms with E-state index in [9.17, 15) is 14.7 Å². The molecule has 19 heavy (non-hydrogen) atoms.